The zero-order valence-electron chi connectivity index (χ0n) is 13.7. The van der Waals surface area contributed by atoms with E-state index in [0.29, 0.717) is 32.3 Å². The van der Waals surface area contributed by atoms with Crippen LogP contribution in [0.25, 0.3) is 0 Å². The standard InChI is InChI=1S/C18H23N3O3/c22-15(13-21-8-2-6-19-21)12-20-7-1-3-16(20)14-4-5-17-18(11-14)24-10-9-23-17/h2,4-6,8,11,15-16,22H,1,3,7,9-10,12-13H2/t15-,16-/m0/s1. The first-order chi connectivity index (χ1) is 11.8. The zero-order chi connectivity index (χ0) is 16.4. The van der Waals surface area contributed by atoms with Crippen LogP contribution >= 0.6 is 0 Å². The van der Waals surface area contributed by atoms with Crippen molar-refractivity contribution in [3.63, 3.8) is 0 Å². The van der Waals surface area contributed by atoms with Gasteiger partial charge in [-0.15, -0.1) is 0 Å². The van der Waals surface area contributed by atoms with Crippen LogP contribution in [0, 0.1) is 0 Å². The predicted molar refractivity (Wildman–Crippen MR) is 89.2 cm³/mol. The van der Waals surface area contributed by atoms with Gasteiger partial charge in [0, 0.05) is 25.0 Å². The molecule has 1 aromatic heterocycles. The zero-order valence-corrected chi connectivity index (χ0v) is 13.7. The van der Waals surface area contributed by atoms with Crippen LogP contribution < -0.4 is 9.47 Å². The Morgan fingerprint density at radius 1 is 1.21 bits per heavy atom. The number of aromatic nitrogens is 2. The maximum Gasteiger partial charge on any atom is 0.161 e. The molecule has 6 nitrogen and oxygen atoms in total. The molecule has 1 aromatic carbocycles. The molecule has 0 amide bonds. The van der Waals surface area contributed by atoms with Gasteiger partial charge in [-0.1, -0.05) is 6.07 Å². The molecule has 6 heteroatoms. The predicted octanol–water partition coefficient (Wildman–Crippen LogP) is 1.85. The van der Waals surface area contributed by atoms with Crippen LogP contribution in [0.4, 0.5) is 0 Å². The Balaban J connectivity index is 1.44. The number of hydrogen-bond acceptors (Lipinski definition) is 5. The van der Waals surface area contributed by atoms with Crippen molar-refractivity contribution in [1.82, 2.24) is 14.7 Å². The van der Waals surface area contributed by atoms with E-state index in [-0.39, 0.29) is 0 Å². The van der Waals surface area contributed by atoms with Gasteiger partial charge in [-0.2, -0.15) is 5.10 Å². The largest absolute Gasteiger partial charge is 0.486 e. The molecular formula is C18H23N3O3. The molecule has 24 heavy (non-hydrogen) atoms. The van der Waals surface area contributed by atoms with Crippen molar-refractivity contribution in [2.24, 2.45) is 0 Å². The molecule has 2 atom stereocenters. The van der Waals surface area contributed by atoms with Crippen LogP contribution in [-0.4, -0.2) is 52.2 Å². The summed E-state index contributed by atoms with van der Waals surface area (Å²) in [5.74, 6) is 1.66. The first kappa shape index (κ1) is 15.5. The van der Waals surface area contributed by atoms with Crippen molar-refractivity contribution in [1.29, 1.82) is 0 Å². The highest BCUT2D eigenvalue weighted by Gasteiger charge is 2.28. The third kappa shape index (κ3) is 3.25. The molecule has 0 spiro atoms. The number of ether oxygens (including phenoxy) is 2. The van der Waals surface area contributed by atoms with E-state index in [9.17, 15) is 5.11 Å². The molecule has 3 heterocycles. The van der Waals surface area contributed by atoms with Gasteiger partial charge in [-0.25, -0.2) is 0 Å². The molecule has 0 unspecified atom stereocenters. The van der Waals surface area contributed by atoms with E-state index in [2.05, 4.69) is 22.1 Å². The number of benzene rings is 1. The van der Waals surface area contributed by atoms with Crippen LogP contribution in [0.5, 0.6) is 11.5 Å². The topological polar surface area (TPSA) is 59.8 Å². The fraction of sp³-hybridized carbons (Fsp3) is 0.500. The Kier molecular flexibility index (Phi) is 4.40. The summed E-state index contributed by atoms with van der Waals surface area (Å²) in [6.07, 6.45) is 5.44. The molecule has 1 fully saturated rings. The first-order valence-electron chi connectivity index (χ1n) is 8.59. The first-order valence-corrected chi connectivity index (χ1v) is 8.59. The van der Waals surface area contributed by atoms with Gasteiger partial charge < -0.3 is 14.6 Å². The van der Waals surface area contributed by atoms with Crippen molar-refractivity contribution in [3.8, 4) is 11.5 Å². The summed E-state index contributed by atoms with van der Waals surface area (Å²) >= 11 is 0. The average Bonchev–Trinajstić information content (AvgIpc) is 3.26. The Morgan fingerprint density at radius 3 is 2.92 bits per heavy atom. The second-order valence-electron chi connectivity index (χ2n) is 6.44. The molecule has 2 aliphatic rings. The normalized spacial score (nSPS) is 21.8. The van der Waals surface area contributed by atoms with Gasteiger partial charge >= 0.3 is 0 Å². The minimum absolute atomic E-state index is 0.327. The minimum atomic E-state index is -0.428. The summed E-state index contributed by atoms with van der Waals surface area (Å²) in [6.45, 7) is 3.40. The number of rotatable bonds is 5. The van der Waals surface area contributed by atoms with Crippen LogP contribution in [0.15, 0.2) is 36.7 Å². The number of aliphatic hydroxyl groups excluding tert-OH is 1. The van der Waals surface area contributed by atoms with Crippen molar-refractivity contribution >= 4 is 0 Å². The third-order valence-corrected chi connectivity index (χ3v) is 4.72. The fourth-order valence-electron chi connectivity index (χ4n) is 3.64. The molecular weight excluding hydrogens is 306 g/mol. The van der Waals surface area contributed by atoms with Crippen molar-refractivity contribution in [3.05, 3.63) is 42.2 Å². The summed E-state index contributed by atoms with van der Waals surface area (Å²) in [5, 5.41) is 14.6. The van der Waals surface area contributed by atoms with E-state index in [1.807, 2.05) is 18.3 Å². The van der Waals surface area contributed by atoms with Crippen LogP contribution in [0.2, 0.25) is 0 Å². The number of aliphatic hydroxyl groups is 1. The Morgan fingerprint density at radius 2 is 2.08 bits per heavy atom. The molecule has 0 saturated carbocycles. The molecule has 128 valence electrons. The average molecular weight is 329 g/mol. The SMILES string of the molecule is O[C@@H](CN1CCC[C@H]1c1ccc2c(c1)OCCO2)Cn1cccn1. The van der Waals surface area contributed by atoms with Crippen LogP contribution in [-0.2, 0) is 6.54 Å². The van der Waals surface area contributed by atoms with Crippen LogP contribution in [0.3, 0.4) is 0 Å². The third-order valence-electron chi connectivity index (χ3n) is 4.72. The molecule has 2 aliphatic heterocycles. The van der Waals surface area contributed by atoms with E-state index in [4.69, 9.17) is 9.47 Å². The monoisotopic (exact) mass is 329 g/mol. The second kappa shape index (κ2) is 6.83. The molecule has 1 N–H and O–H groups in total. The quantitative estimate of drug-likeness (QED) is 0.907. The van der Waals surface area contributed by atoms with E-state index in [1.54, 1.807) is 10.9 Å². The van der Waals surface area contributed by atoms with Crippen molar-refractivity contribution in [2.75, 3.05) is 26.3 Å². The lowest BCUT2D eigenvalue weighted by molar-refractivity contribution is 0.0889. The van der Waals surface area contributed by atoms with Crippen molar-refractivity contribution < 1.29 is 14.6 Å². The lowest BCUT2D eigenvalue weighted by atomic mass is 10.0. The molecule has 1 saturated heterocycles. The van der Waals surface area contributed by atoms with Gasteiger partial charge in [0.05, 0.1) is 12.6 Å². The summed E-state index contributed by atoms with van der Waals surface area (Å²) < 4.78 is 13.1. The van der Waals surface area contributed by atoms with E-state index in [1.165, 1.54) is 5.56 Å². The highest BCUT2D eigenvalue weighted by molar-refractivity contribution is 5.44. The molecule has 2 aromatic rings. The number of fused-ring (bicyclic) bond motifs is 1. The minimum Gasteiger partial charge on any atom is -0.486 e. The fourth-order valence-corrected chi connectivity index (χ4v) is 3.64. The molecule has 0 radical (unpaired) electrons. The number of nitrogens with zero attached hydrogens (tertiary/aromatic N) is 3. The van der Waals surface area contributed by atoms with Gasteiger partial charge in [-0.05, 0) is 43.1 Å². The maximum atomic E-state index is 10.4. The smallest absolute Gasteiger partial charge is 0.161 e. The van der Waals surface area contributed by atoms with E-state index >= 15 is 0 Å². The van der Waals surface area contributed by atoms with Gasteiger partial charge in [0.15, 0.2) is 11.5 Å². The van der Waals surface area contributed by atoms with Gasteiger partial charge in [0.25, 0.3) is 0 Å². The summed E-state index contributed by atoms with van der Waals surface area (Å²) in [7, 11) is 0. The molecule has 4 rings (SSSR count). The van der Waals surface area contributed by atoms with Gasteiger partial charge in [0.2, 0.25) is 0 Å². The Hall–Kier alpha value is -2.05. The lowest BCUT2D eigenvalue weighted by Crippen LogP contribution is -2.34. The van der Waals surface area contributed by atoms with E-state index < -0.39 is 6.10 Å². The number of likely N-dealkylation sites (tertiary alicyclic amines) is 1. The number of hydrogen-bond donors (Lipinski definition) is 1. The van der Waals surface area contributed by atoms with Gasteiger partial charge in [-0.3, -0.25) is 9.58 Å². The van der Waals surface area contributed by atoms with E-state index in [0.717, 1.165) is 30.9 Å². The van der Waals surface area contributed by atoms with Crippen LogP contribution in [0.1, 0.15) is 24.4 Å². The molecule has 0 bridgehead atoms. The Bertz CT molecular complexity index is 674. The van der Waals surface area contributed by atoms with Crippen molar-refractivity contribution in [2.45, 2.75) is 31.5 Å². The summed E-state index contributed by atoms with van der Waals surface area (Å²) in [6, 6.07) is 8.42. The number of β-amino-alcohol motifs (C(OH)–C–C–N with tert-alkyl or cyclic N) is 1. The van der Waals surface area contributed by atoms with Gasteiger partial charge in [0.1, 0.15) is 13.2 Å². The molecule has 0 aliphatic carbocycles. The lowest BCUT2D eigenvalue weighted by Gasteiger charge is -2.28. The summed E-state index contributed by atoms with van der Waals surface area (Å²) in [4.78, 5) is 2.36. The second-order valence-corrected chi connectivity index (χ2v) is 6.44. The Labute approximate surface area is 141 Å². The maximum absolute atomic E-state index is 10.4. The highest BCUT2D eigenvalue weighted by Crippen LogP contribution is 2.38. The summed E-state index contributed by atoms with van der Waals surface area (Å²) in [5.41, 5.74) is 1.24. The highest BCUT2D eigenvalue weighted by atomic mass is 16.6.